The minimum absolute atomic E-state index is 0.0316. The van der Waals surface area contributed by atoms with E-state index in [0.29, 0.717) is 12.0 Å². The van der Waals surface area contributed by atoms with Crippen LogP contribution in [0.15, 0.2) is 36.4 Å². The number of carbonyl (C=O) groups excluding carboxylic acids is 1. The Morgan fingerprint density at radius 1 is 1.24 bits per heavy atom. The Bertz CT molecular complexity index is 587. The minimum atomic E-state index is -0.194. The largest absolute Gasteiger partial charge is 0.394 e. The van der Waals surface area contributed by atoms with Gasteiger partial charge in [-0.25, -0.2) is 0 Å². The first-order chi connectivity index (χ1) is 8.29. The Morgan fingerprint density at radius 3 is 2.76 bits per heavy atom. The van der Waals surface area contributed by atoms with E-state index in [1.54, 1.807) is 0 Å². The maximum Gasteiger partial charge on any atom is 0.252 e. The molecule has 0 saturated carbocycles. The van der Waals surface area contributed by atoms with Gasteiger partial charge in [-0.15, -0.1) is 0 Å². The molecule has 0 spiro atoms. The van der Waals surface area contributed by atoms with Crippen molar-refractivity contribution in [2.75, 3.05) is 6.61 Å². The molecule has 2 aromatic rings. The van der Waals surface area contributed by atoms with Crippen LogP contribution in [-0.4, -0.2) is 23.7 Å². The first-order valence-electron chi connectivity index (χ1n) is 5.72. The highest BCUT2D eigenvalue weighted by Crippen LogP contribution is 2.26. The second-order valence-electron chi connectivity index (χ2n) is 4.38. The lowest BCUT2D eigenvalue weighted by molar-refractivity contribution is 0.0921. The van der Waals surface area contributed by atoms with Crippen LogP contribution in [0.3, 0.4) is 0 Å². The van der Waals surface area contributed by atoms with E-state index < -0.39 is 0 Å². The van der Waals surface area contributed by atoms with Gasteiger partial charge in [-0.2, -0.15) is 0 Å². The molecule has 0 bridgehead atoms. The number of amides is 1. The monoisotopic (exact) mass is 227 g/mol. The predicted molar refractivity (Wildman–Crippen MR) is 66.0 cm³/mol. The lowest BCUT2D eigenvalue weighted by atomic mass is 9.97. The van der Waals surface area contributed by atoms with Crippen molar-refractivity contribution in [3.63, 3.8) is 0 Å². The summed E-state index contributed by atoms with van der Waals surface area (Å²) in [6, 6.07) is 11.6. The van der Waals surface area contributed by atoms with E-state index in [1.165, 1.54) is 0 Å². The second-order valence-corrected chi connectivity index (χ2v) is 4.38. The zero-order valence-electron chi connectivity index (χ0n) is 9.31. The van der Waals surface area contributed by atoms with Crippen LogP contribution in [0.5, 0.6) is 0 Å². The molecule has 86 valence electrons. The molecular weight excluding hydrogens is 214 g/mol. The van der Waals surface area contributed by atoms with Crippen LogP contribution in [-0.2, 0) is 6.42 Å². The Labute approximate surface area is 99.1 Å². The van der Waals surface area contributed by atoms with E-state index in [9.17, 15) is 9.90 Å². The fourth-order valence-electron chi connectivity index (χ4n) is 2.47. The average molecular weight is 227 g/mol. The van der Waals surface area contributed by atoms with Gasteiger partial charge in [0.25, 0.3) is 5.91 Å². The lowest BCUT2D eigenvalue weighted by Crippen LogP contribution is -2.37. The van der Waals surface area contributed by atoms with Crippen molar-refractivity contribution in [2.24, 2.45) is 0 Å². The number of hydrogen-bond acceptors (Lipinski definition) is 2. The normalized spacial score (nSPS) is 18.9. The van der Waals surface area contributed by atoms with Crippen LogP contribution >= 0.6 is 0 Å². The van der Waals surface area contributed by atoms with Crippen LogP contribution in [0.1, 0.15) is 15.9 Å². The summed E-state index contributed by atoms with van der Waals surface area (Å²) in [6.45, 7) is -0.0316. The third-order valence-electron chi connectivity index (χ3n) is 3.26. The zero-order chi connectivity index (χ0) is 11.8. The highest BCUT2D eigenvalue weighted by atomic mass is 16.3. The number of rotatable bonds is 1. The molecule has 0 radical (unpaired) electrons. The molecule has 3 rings (SSSR count). The number of benzene rings is 2. The molecule has 1 amide bonds. The van der Waals surface area contributed by atoms with E-state index >= 15 is 0 Å². The number of aliphatic hydroxyl groups excluding tert-OH is 1. The van der Waals surface area contributed by atoms with Gasteiger partial charge in [0.15, 0.2) is 0 Å². The Balaban J connectivity index is 2.31. The van der Waals surface area contributed by atoms with Crippen molar-refractivity contribution < 1.29 is 9.90 Å². The highest BCUT2D eigenvalue weighted by molar-refractivity contribution is 6.09. The fourth-order valence-corrected chi connectivity index (χ4v) is 2.47. The summed E-state index contributed by atoms with van der Waals surface area (Å²) in [7, 11) is 0. The molecule has 0 aromatic heterocycles. The number of nitrogens with one attached hydrogen (secondary N) is 1. The molecular formula is C14H13NO2. The van der Waals surface area contributed by atoms with E-state index in [4.69, 9.17) is 0 Å². The van der Waals surface area contributed by atoms with Crippen molar-refractivity contribution in [1.82, 2.24) is 5.32 Å². The summed E-state index contributed by atoms with van der Waals surface area (Å²) >= 11 is 0. The average Bonchev–Trinajstić information content (AvgIpc) is 2.50. The fraction of sp³-hybridized carbons (Fsp3) is 0.214. The Morgan fingerprint density at radius 2 is 2.00 bits per heavy atom. The summed E-state index contributed by atoms with van der Waals surface area (Å²) < 4.78 is 0. The Hall–Kier alpha value is -1.87. The molecule has 1 heterocycles. The topological polar surface area (TPSA) is 49.3 Å². The molecule has 1 unspecified atom stereocenters. The van der Waals surface area contributed by atoms with Crippen molar-refractivity contribution in [1.29, 1.82) is 0 Å². The van der Waals surface area contributed by atoms with Crippen LogP contribution < -0.4 is 5.32 Å². The molecule has 3 nitrogen and oxygen atoms in total. The minimum Gasteiger partial charge on any atom is -0.394 e. The third-order valence-corrected chi connectivity index (χ3v) is 3.26. The van der Waals surface area contributed by atoms with E-state index in [1.807, 2.05) is 36.4 Å². The molecule has 1 aliphatic heterocycles. The van der Waals surface area contributed by atoms with Gasteiger partial charge in [0, 0.05) is 5.56 Å². The zero-order valence-corrected chi connectivity index (χ0v) is 9.31. The maximum absolute atomic E-state index is 12.0. The van der Waals surface area contributed by atoms with Crippen molar-refractivity contribution in [2.45, 2.75) is 12.5 Å². The first kappa shape index (κ1) is 10.3. The van der Waals surface area contributed by atoms with Crippen molar-refractivity contribution in [3.8, 4) is 0 Å². The molecule has 1 aliphatic rings. The summed E-state index contributed by atoms with van der Waals surface area (Å²) in [5.41, 5.74) is 1.82. The van der Waals surface area contributed by atoms with Crippen LogP contribution in [0.4, 0.5) is 0 Å². The van der Waals surface area contributed by atoms with E-state index in [0.717, 1.165) is 16.3 Å². The molecule has 17 heavy (non-hydrogen) atoms. The highest BCUT2D eigenvalue weighted by Gasteiger charge is 2.21. The van der Waals surface area contributed by atoms with Gasteiger partial charge in [-0.05, 0) is 28.8 Å². The van der Waals surface area contributed by atoms with Crippen LogP contribution in [0.25, 0.3) is 10.8 Å². The number of aliphatic hydroxyl groups is 1. The molecule has 0 fully saturated rings. The number of hydrogen-bond donors (Lipinski definition) is 2. The summed E-state index contributed by atoms with van der Waals surface area (Å²) in [4.78, 5) is 12.0. The second kappa shape index (κ2) is 3.86. The van der Waals surface area contributed by atoms with Gasteiger partial charge >= 0.3 is 0 Å². The SMILES string of the molecule is O=C1NC(CO)Cc2cccc3cccc1c23. The molecule has 2 N–H and O–H groups in total. The smallest absolute Gasteiger partial charge is 0.252 e. The predicted octanol–water partition coefficient (Wildman–Crippen LogP) is 1.49. The molecule has 0 aliphatic carbocycles. The van der Waals surface area contributed by atoms with Gasteiger partial charge in [0.1, 0.15) is 0 Å². The van der Waals surface area contributed by atoms with E-state index in [2.05, 4.69) is 5.32 Å². The lowest BCUT2D eigenvalue weighted by Gasteiger charge is -2.12. The summed E-state index contributed by atoms with van der Waals surface area (Å²) in [5.74, 6) is -0.0976. The number of carbonyl (C=O) groups is 1. The van der Waals surface area contributed by atoms with Gasteiger partial charge in [0.2, 0.25) is 0 Å². The first-order valence-corrected chi connectivity index (χ1v) is 5.72. The standard InChI is InChI=1S/C14H13NO2/c16-8-11-7-10-5-1-3-9-4-2-6-12(13(9)10)14(17)15-11/h1-6,11,16H,7-8H2,(H,15,17). The summed E-state index contributed by atoms with van der Waals surface area (Å²) in [6.07, 6.45) is 0.677. The maximum atomic E-state index is 12.0. The van der Waals surface area contributed by atoms with E-state index in [-0.39, 0.29) is 18.6 Å². The van der Waals surface area contributed by atoms with Gasteiger partial charge < -0.3 is 10.4 Å². The Kier molecular flexibility index (Phi) is 2.34. The molecule has 3 heteroatoms. The third kappa shape index (κ3) is 1.59. The van der Waals surface area contributed by atoms with Gasteiger partial charge in [-0.3, -0.25) is 4.79 Å². The molecule has 0 saturated heterocycles. The molecule has 2 aromatic carbocycles. The van der Waals surface area contributed by atoms with Crippen LogP contribution in [0, 0.1) is 0 Å². The van der Waals surface area contributed by atoms with Gasteiger partial charge in [-0.1, -0.05) is 30.3 Å². The molecule has 1 atom stereocenters. The van der Waals surface area contributed by atoms with Crippen LogP contribution in [0.2, 0.25) is 0 Å². The summed E-state index contributed by atoms with van der Waals surface area (Å²) in [5, 5.41) is 14.2. The van der Waals surface area contributed by atoms with Gasteiger partial charge in [0.05, 0.1) is 12.6 Å². The quantitative estimate of drug-likeness (QED) is 0.775. The van der Waals surface area contributed by atoms with Crippen molar-refractivity contribution >= 4 is 16.7 Å². The van der Waals surface area contributed by atoms with Crippen molar-refractivity contribution in [3.05, 3.63) is 47.5 Å².